The number of benzene rings is 1. The van der Waals surface area contributed by atoms with E-state index in [0.29, 0.717) is 37.1 Å². The van der Waals surface area contributed by atoms with Crippen LogP contribution in [0.4, 0.5) is 8.78 Å². The maximum absolute atomic E-state index is 13.4. The van der Waals surface area contributed by atoms with E-state index in [1.807, 2.05) is 6.07 Å². The van der Waals surface area contributed by atoms with Crippen molar-refractivity contribution >= 4 is 17.7 Å². The summed E-state index contributed by atoms with van der Waals surface area (Å²) in [7, 11) is 0. The molecule has 3 fully saturated rings. The van der Waals surface area contributed by atoms with Crippen molar-refractivity contribution in [3.63, 3.8) is 0 Å². The molecule has 2 aliphatic carbocycles. The summed E-state index contributed by atoms with van der Waals surface area (Å²) in [6.45, 7) is 1.05. The lowest BCUT2D eigenvalue weighted by atomic mass is 9.86. The number of carbonyl (C=O) groups excluding carboxylic acids is 3. The second kappa shape index (κ2) is 9.24. The average Bonchev–Trinajstić information content (AvgIpc) is 3.37. The molecule has 1 aromatic rings. The van der Waals surface area contributed by atoms with Gasteiger partial charge in [-0.25, -0.2) is 8.78 Å². The van der Waals surface area contributed by atoms with E-state index in [-0.39, 0.29) is 49.1 Å². The first-order valence-electron chi connectivity index (χ1n) is 12.3. The Morgan fingerprint density at radius 2 is 1.88 bits per heavy atom. The van der Waals surface area contributed by atoms with Crippen molar-refractivity contribution < 1.29 is 27.9 Å². The summed E-state index contributed by atoms with van der Waals surface area (Å²) in [5, 5.41) is 5.88. The Balaban J connectivity index is 1.18. The van der Waals surface area contributed by atoms with E-state index in [2.05, 4.69) is 10.6 Å². The molecular formula is C25H31F2N3O4. The molecule has 7 nitrogen and oxygen atoms in total. The molecule has 2 heterocycles. The molecule has 5 rings (SSSR count). The second-order valence-corrected chi connectivity index (χ2v) is 10.1. The van der Waals surface area contributed by atoms with Gasteiger partial charge >= 0.3 is 0 Å². The Morgan fingerprint density at radius 1 is 1.09 bits per heavy atom. The summed E-state index contributed by atoms with van der Waals surface area (Å²) >= 11 is 0. The molecule has 1 unspecified atom stereocenters. The predicted octanol–water partition coefficient (Wildman–Crippen LogP) is 3.16. The fraction of sp³-hybridized carbons (Fsp3) is 0.640. The van der Waals surface area contributed by atoms with E-state index in [1.54, 1.807) is 12.1 Å². The number of fused-ring (bicyclic) bond motifs is 1. The minimum absolute atomic E-state index is 0.00794. The highest BCUT2D eigenvalue weighted by Crippen LogP contribution is 2.36. The van der Waals surface area contributed by atoms with Crippen LogP contribution in [0.3, 0.4) is 0 Å². The first-order chi connectivity index (χ1) is 16.3. The Morgan fingerprint density at radius 3 is 2.65 bits per heavy atom. The zero-order valence-electron chi connectivity index (χ0n) is 19.2. The number of hydrogen-bond acceptors (Lipinski definition) is 5. The van der Waals surface area contributed by atoms with Crippen molar-refractivity contribution in [3.8, 4) is 5.75 Å². The monoisotopic (exact) mass is 475 g/mol. The molecule has 2 N–H and O–H groups in total. The van der Waals surface area contributed by atoms with Crippen molar-refractivity contribution in [2.75, 3.05) is 6.54 Å². The van der Waals surface area contributed by atoms with Crippen molar-refractivity contribution in [2.24, 2.45) is 5.92 Å². The van der Waals surface area contributed by atoms with E-state index < -0.39 is 17.9 Å². The molecule has 184 valence electrons. The molecule has 0 aromatic heterocycles. The summed E-state index contributed by atoms with van der Waals surface area (Å²) in [5.41, 5.74) is 1.38. The summed E-state index contributed by atoms with van der Waals surface area (Å²) < 4.78 is 33.1. The molecule has 0 radical (unpaired) electrons. The standard InChI is InChI=1S/C25H31F2N3O4/c26-25(27)10-8-15(9-11-25)13-28-19-2-1-3-21(19)34-17-4-5-18-16(12-17)14-30(24(18)33)20-6-7-22(31)29-23(20)32/h4-5,12,15,19-21,28H,1-3,6-11,13-14H2,(H,29,31,32)/t19-,20?,21-/m1/s1. The van der Waals surface area contributed by atoms with Crippen LogP contribution in [-0.2, 0) is 16.1 Å². The number of nitrogens with one attached hydrogen (secondary N) is 2. The van der Waals surface area contributed by atoms with Gasteiger partial charge in [0.1, 0.15) is 17.9 Å². The zero-order valence-corrected chi connectivity index (χ0v) is 19.2. The van der Waals surface area contributed by atoms with Crippen LogP contribution in [0.2, 0.25) is 0 Å². The molecular weight excluding hydrogens is 444 g/mol. The third kappa shape index (κ3) is 4.80. The van der Waals surface area contributed by atoms with Gasteiger partial charge in [0.15, 0.2) is 0 Å². The highest BCUT2D eigenvalue weighted by molar-refractivity contribution is 6.05. The fourth-order valence-electron chi connectivity index (χ4n) is 5.72. The van der Waals surface area contributed by atoms with Crippen LogP contribution >= 0.6 is 0 Å². The minimum atomic E-state index is -2.50. The number of halogens is 2. The van der Waals surface area contributed by atoms with Gasteiger partial charge in [0.25, 0.3) is 5.91 Å². The number of nitrogens with zero attached hydrogens (tertiary/aromatic N) is 1. The third-order valence-electron chi connectivity index (χ3n) is 7.74. The van der Waals surface area contributed by atoms with Crippen LogP contribution in [0.1, 0.15) is 73.7 Å². The van der Waals surface area contributed by atoms with Crippen molar-refractivity contribution in [3.05, 3.63) is 29.3 Å². The largest absolute Gasteiger partial charge is 0.489 e. The summed E-state index contributed by atoms with van der Waals surface area (Å²) in [5.74, 6) is -2.46. The smallest absolute Gasteiger partial charge is 0.255 e. The van der Waals surface area contributed by atoms with Gasteiger partial charge in [-0.05, 0) is 74.8 Å². The SMILES string of the molecule is O=C1CCC(N2Cc3cc(O[C@@H]4CCC[C@H]4NCC4CCC(F)(F)CC4)ccc3C2=O)C(=O)N1. The summed E-state index contributed by atoms with van der Waals surface area (Å²) in [4.78, 5) is 38.1. The number of alkyl halides is 2. The van der Waals surface area contributed by atoms with E-state index in [4.69, 9.17) is 4.74 Å². The lowest BCUT2D eigenvalue weighted by molar-refractivity contribution is -0.136. The van der Waals surface area contributed by atoms with Gasteiger partial charge in [0, 0.05) is 37.4 Å². The molecule has 3 atom stereocenters. The van der Waals surface area contributed by atoms with Gasteiger partial charge in [-0.3, -0.25) is 19.7 Å². The lowest BCUT2D eigenvalue weighted by Crippen LogP contribution is -2.52. The first-order valence-corrected chi connectivity index (χ1v) is 12.3. The number of piperidine rings is 1. The molecule has 2 aliphatic heterocycles. The molecule has 3 amide bonds. The van der Waals surface area contributed by atoms with Crippen molar-refractivity contribution in [1.82, 2.24) is 15.5 Å². The molecule has 4 aliphatic rings. The highest BCUT2D eigenvalue weighted by atomic mass is 19.3. The first kappa shape index (κ1) is 23.2. The molecule has 2 saturated carbocycles. The van der Waals surface area contributed by atoms with E-state index in [1.165, 1.54) is 4.90 Å². The normalized spacial score (nSPS) is 29.3. The van der Waals surface area contributed by atoms with Gasteiger partial charge in [-0.2, -0.15) is 0 Å². The highest BCUT2D eigenvalue weighted by Gasteiger charge is 2.40. The van der Waals surface area contributed by atoms with E-state index in [0.717, 1.165) is 31.4 Å². The zero-order chi connectivity index (χ0) is 23.9. The Kier molecular flexibility index (Phi) is 6.31. The molecule has 1 saturated heterocycles. The number of imide groups is 1. The van der Waals surface area contributed by atoms with Crippen molar-refractivity contribution in [2.45, 2.75) is 88.4 Å². The fourth-order valence-corrected chi connectivity index (χ4v) is 5.72. The summed E-state index contributed by atoms with van der Waals surface area (Å²) in [6, 6.07) is 4.96. The number of ether oxygens (including phenoxy) is 1. The van der Waals surface area contributed by atoms with Gasteiger partial charge in [-0.15, -0.1) is 0 Å². The van der Waals surface area contributed by atoms with Crippen LogP contribution < -0.4 is 15.4 Å². The second-order valence-electron chi connectivity index (χ2n) is 10.1. The molecule has 1 aromatic carbocycles. The Bertz CT molecular complexity index is 975. The van der Waals surface area contributed by atoms with E-state index in [9.17, 15) is 23.2 Å². The Labute approximate surface area is 197 Å². The maximum atomic E-state index is 13.4. The van der Waals surface area contributed by atoms with Gasteiger partial charge < -0.3 is 15.0 Å². The molecule has 0 spiro atoms. The maximum Gasteiger partial charge on any atom is 0.255 e. The van der Waals surface area contributed by atoms with Crippen LogP contribution in [0.5, 0.6) is 5.75 Å². The average molecular weight is 476 g/mol. The van der Waals surface area contributed by atoms with Gasteiger partial charge in [-0.1, -0.05) is 0 Å². The molecule has 34 heavy (non-hydrogen) atoms. The number of amides is 3. The Hall–Kier alpha value is -2.55. The molecule has 0 bridgehead atoms. The molecule has 9 heteroatoms. The van der Waals surface area contributed by atoms with Crippen LogP contribution in [0, 0.1) is 5.92 Å². The number of hydrogen-bond donors (Lipinski definition) is 2. The lowest BCUT2D eigenvalue weighted by Gasteiger charge is -2.30. The number of carbonyl (C=O) groups is 3. The minimum Gasteiger partial charge on any atom is -0.489 e. The predicted molar refractivity (Wildman–Crippen MR) is 119 cm³/mol. The van der Waals surface area contributed by atoms with E-state index >= 15 is 0 Å². The number of rotatable bonds is 6. The van der Waals surface area contributed by atoms with Crippen molar-refractivity contribution in [1.29, 1.82) is 0 Å². The quantitative estimate of drug-likeness (QED) is 0.618. The van der Waals surface area contributed by atoms with Gasteiger partial charge in [0.2, 0.25) is 17.7 Å². The van der Waals surface area contributed by atoms with Crippen LogP contribution in [0.25, 0.3) is 0 Å². The van der Waals surface area contributed by atoms with Crippen LogP contribution in [0.15, 0.2) is 18.2 Å². The van der Waals surface area contributed by atoms with Gasteiger partial charge in [0.05, 0.1) is 0 Å². The summed E-state index contributed by atoms with van der Waals surface area (Å²) in [6.07, 6.45) is 4.57. The topological polar surface area (TPSA) is 87.7 Å². The third-order valence-corrected chi connectivity index (χ3v) is 7.74. The van der Waals surface area contributed by atoms with Crippen LogP contribution in [-0.4, -0.2) is 53.3 Å².